The third-order valence-electron chi connectivity index (χ3n) is 5.89. The van der Waals surface area contributed by atoms with Gasteiger partial charge in [0.25, 0.3) is 0 Å². The lowest BCUT2D eigenvalue weighted by atomic mass is 9.77. The van der Waals surface area contributed by atoms with Crippen LogP contribution in [0.25, 0.3) is 0 Å². The number of carbonyl (C=O) groups is 1. The third kappa shape index (κ3) is 5.06. The van der Waals surface area contributed by atoms with Crippen molar-refractivity contribution in [2.75, 3.05) is 19.6 Å². The van der Waals surface area contributed by atoms with Crippen molar-refractivity contribution in [3.05, 3.63) is 71.8 Å². The van der Waals surface area contributed by atoms with E-state index in [4.69, 9.17) is 0 Å². The highest BCUT2D eigenvalue weighted by Crippen LogP contribution is 2.37. The molecule has 2 saturated heterocycles. The minimum atomic E-state index is -0.115. The largest absolute Gasteiger partial charge is 0.344 e. The van der Waals surface area contributed by atoms with Crippen LogP contribution in [0.4, 0.5) is 0 Å². The zero-order chi connectivity index (χ0) is 17.8. The molecule has 0 bridgehead atoms. The number of nitrogens with one attached hydrogen (secondary N) is 3. The van der Waals surface area contributed by atoms with Gasteiger partial charge in [0, 0.05) is 6.54 Å². The van der Waals surface area contributed by atoms with E-state index >= 15 is 0 Å². The van der Waals surface area contributed by atoms with Crippen LogP contribution in [0.1, 0.15) is 36.4 Å². The molecule has 2 aromatic carbocycles. The molecule has 4 rings (SSSR count). The van der Waals surface area contributed by atoms with E-state index in [1.165, 1.54) is 0 Å². The van der Waals surface area contributed by atoms with Crippen molar-refractivity contribution < 1.29 is 4.79 Å². The lowest BCUT2D eigenvalue weighted by Crippen LogP contribution is -2.42. The van der Waals surface area contributed by atoms with Gasteiger partial charge in [0.1, 0.15) is 0 Å². The Morgan fingerprint density at radius 2 is 1.46 bits per heavy atom. The Bertz CT molecular complexity index is 696. The molecular weight excluding hydrogens is 393 g/mol. The Morgan fingerprint density at radius 3 is 2.00 bits per heavy atom. The summed E-state index contributed by atoms with van der Waals surface area (Å²) in [5.74, 6) is 0.109. The molecule has 0 saturated carbocycles. The first-order valence-corrected chi connectivity index (χ1v) is 9.60. The molecule has 2 heterocycles. The summed E-state index contributed by atoms with van der Waals surface area (Å²) in [5.41, 5.74) is 2.52. The topological polar surface area (TPSA) is 53.2 Å². The second-order valence-electron chi connectivity index (χ2n) is 7.65. The lowest BCUT2D eigenvalue weighted by molar-refractivity contribution is -0.123. The van der Waals surface area contributed by atoms with Gasteiger partial charge in [-0.3, -0.25) is 4.79 Å². The van der Waals surface area contributed by atoms with Gasteiger partial charge in [-0.15, -0.1) is 24.8 Å². The van der Waals surface area contributed by atoms with Crippen LogP contribution in [0, 0.1) is 5.41 Å². The molecule has 2 aliphatic rings. The Kier molecular flexibility index (Phi) is 8.32. The third-order valence-corrected chi connectivity index (χ3v) is 5.89. The van der Waals surface area contributed by atoms with E-state index in [0.717, 1.165) is 50.0 Å². The van der Waals surface area contributed by atoms with Crippen molar-refractivity contribution in [3.63, 3.8) is 0 Å². The number of carbonyl (C=O) groups excluding carboxylic acids is 1. The van der Waals surface area contributed by atoms with Crippen molar-refractivity contribution in [2.24, 2.45) is 5.41 Å². The van der Waals surface area contributed by atoms with Crippen LogP contribution in [0.2, 0.25) is 0 Å². The summed E-state index contributed by atoms with van der Waals surface area (Å²) in [6, 6.07) is 20.2. The van der Waals surface area contributed by atoms with Crippen molar-refractivity contribution in [2.45, 2.75) is 31.3 Å². The number of rotatable bonds is 4. The molecule has 0 aliphatic carbocycles. The van der Waals surface area contributed by atoms with Gasteiger partial charge in [0.15, 0.2) is 0 Å². The van der Waals surface area contributed by atoms with Crippen molar-refractivity contribution in [1.82, 2.24) is 16.0 Å². The van der Waals surface area contributed by atoms with Gasteiger partial charge >= 0.3 is 0 Å². The van der Waals surface area contributed by atoms with E-state index in [2.05, 4.69) is 40.2 Å². The molecule has 1 amide bonds. The summed E-state index contributed by atoms with van der Waals surface area (Å²) in [7, 11) is 0. The molecule has 2 fully saturated rings. The molecule has 2 aromatic rings. The average molecular weight is 422 g/mol. The molecule has 0 aromatic heterocycles. The van der Waals surface area contributed by atoms with Gasteiger partial charge in [-0.2, -0.15) is 0 Å². The molecule has 152 valence electrons. The Morgan fingerprint density at radius 1 is 0.929 bits per heavy atom. The minimum Gasteiger partial charge on any atom is -0.344 e. The fraction of sp³-hybridized carbons (Fsp3) is 0.409. The van der Waals surface area contributed by atoms with E-state index in [1.54, 1.807) is 0 Å². The van der Waals surface area contributed by atoms with Crippen LogP contribution in [0.5, 0.6) is 0 Å². The fourth-order valence-electron chi connectivity index (χ4n) is 4.33. The number of piperidine rings is 1. The maximum Gasteiger partial charge on any atom is 0.237 e. The number of amides is 1. The number of benzene rings is 2. The van der Waals surface area contributed by atoms with Crippen LogP contribution in [-0.2, 0) is 4.79 Å². The summed E-state index contributed by atoms with van der Waals surface area (Å²) in [6.07, 6.45) is 3.26. The average Bonchev–Trinajstić information content (AvgIpc) is 3.11. The predicted octanol–water partition coefficient (Wildman–Crippen LogP) is 3.47. The molecule has 3 N–H and O–H groups in total. The Hall–Kier alpha value is -1.59. The molecule has 6 heteroatoms. The molecule has 28 heavy (non-hydrogen) atoms. The smallest absolute Gasteiger partial charge is 0.237 e. The molecule has 1 spiro atoms. The van der Waals surface area contributed by atoms with Gasteiger partial charge in [0.05, 0.1) is 12.1 Å². The quantitative estimate of drug-likeness (QED) is 0.708. The summed E-state index contributed by atoms with van der Waals surface area (Å²) < 4.78 is 0. The van der Waals surface area contributed by atoms with Crippen LogP contribution in [0.3, 0.4) is 0 Å². The van der Waals surface area contributed by atoms with E-state index in [0.29, 0.717) is 5.41 Å². The van der Waals surface area contributed by atoms with E-state index < -0.39 is 0 Å². The van der Waals surface area contributed by atoms with E-state index in [1.807, 2.05) is 36.4 Å². The van der Waals surface area contributed by atoms with Gasteiger partial charge < -0.3 is 16.0 Å². The Balaban J connectivity index is 0.00000140. The molecule has 1 atom stereocenters. The van der Waals surface area contributed by atoms with Crippen LogP contribution in [-0.4, -0.2) is 31.6 Å². The first-order valence-electron chi connectivity index (χ1n) is 9.60. The molecule has 0 radical (unpaired) electrons. The van der Waals surface area contributed by atoms with Crippen LogP contribution >= 0.6 is 24.8 Å². The summed E-state index contributed by atoms with van der Waals surface area (Å²) in [6.45, 7) is 3.08. The molecule has 2 aliphatic heterocycles. The van der Waals surface area contributed by atoms with Crippen LogP contribution < -0.4 is 16.0 Å². The Labute approximate surface area is 179 Å². The number of halogens is 2. The SMILES string of the molecule is Cl.Cl.O=C(NC(c1ccccc1)c1ccccc1)C1CC2(CCNCC2)CN1. The highest BCUT2D eigenvalue weighted by Gasteiger charge is 2.42. The second-order valence-corrected chi connectivity index (χ2v) is 7.65. The predicted molar refractivity (Wildman–Crippen MR) is 118 cm³/mol. The number of hydrogen-bond donors (Lipinski definition) is 3. The lowest BCUT2D eigenvalue weighted by Gasteiger charge is -2.33. The van der Waals surface area contributed by atoms with Gasteiger partial charge in [-0.25, -0.2) is 0 Å². The monoisotopic (exact) mass is 421 g/mol. The first-order chi connectivity index (χ1) is 12.8. The number of hydrogen-bond acceptors (Lipinski definition) is 3. The van der Waals surface area contributed by atoms with Crippen molar-refractivity contribution in [3.8, 4) is 0 Å². The highest BCUT2D eigenvalue weighted by atomic mass is 35.5. The van der Waals surface area contributed by atoms with E-state index in [9.17, 15) is 4.79 Å². The maximum atomic E-state index is 13.0. The standard InChI is InChI=1S/C22H27N3O.2ClH/c26-21(19-15-22(16-24-19)11-13-23-14-12-22)25-20(17-7-3-1-4-8-17)18-9-5-2-6-10-18;;/h1-10,19-20,23-24H,11-16H2,(H,25,26);2*1H. The minimum absolute atomic E-state index is 0. The van der Waals surface area contributed by atoms with Crippen molar-refractivity contribution >= 4 is 30.7 Å². The van der Waals surface area contributed by atoms with Gasteiger partial charge in [-0.1, -0.05) is 60.7 Å². The first kappa shape index (κ1) is 22.7. The maximum absolute atomic E-state index is 13.0. The zero-order valence-electron chi connectivity index (χ0n) is 15.9. The zero-order valence-corrected chi connectivity index (χ0v) is 17.5. The highest BCUT2D eigenvalue weighted by molar-refractivity contribution is 5.85. The van der Waals surface area contributed by atoms with Crippen molar-refractivity contribution in [1.29, 1.82) is 0 Å². The van der Waals surface area contributed by atoms with E-state index in [-0.39, 0.29) is 42.8 Å². The molecule has 4 nitrogen and oxygen atoms in total. The fourth-order valence-corrected chi connectivity index (χ4v) is 4.33. The summed E-state index contributed by atoms with van der Waals surface area (Å²) in [5, 5.41) is 10.2. The second kappa shape index (κ2) is 10.3. The molecule has 1 unspecified atom stereocenters. The van der Waals surface area contributed by atoms with Gasteiger partial charge in [0.2, 0.25) is 5.91 Å². The normalized spacial score (nSPS) is 20.2. The molecular formula is C22H29Cl2N3O. The summed E-state index contributed by atoms with van der Waals surface area (Å²) >= 11 is 0. The van der Waals surface area contributed by atoms with Gasteiger partial charge in [-0.05, 0) is 48.9 Å². The van der Waals surface area contributed by atoms with Crippen LogP contribution in [0.15, 0.2) is 60.7 Å². The summed E-state index contributed by atoms with van der Waals surface area (Å²) in [4.78, 5) is 13.0.